The van der Waals surface area contributed by atoms with E-state index in [-0.39, 0.29) is 10.9 Å². The summed E-state index contributed by atoms with van der Waals surface area (Å²) in [4.78, 5) is 39.0. The van der Waals surface area contributed by atoms with E-state index in [1.54, 1.807) is 30.3 Å². The number of carboxylic acid groups (broad SMARTS) is 2. The van der Waals surface area contributed by atoms with Gasteiger partial charge in [0.05, 0.1) is 18.9 Å². The lowest BCUT2D eigenvalue weighted by Crippen LogP contribution is -2.52. The molecule has 0 amide bonds. The number of anilines is 1. The number of benzene rings is 1. The summed E-state index contributed by atoms with van der Waals surface area (Å²) >= 11 is 6.15. The fraction of sp³-hybridized carbons (Fsp3) is 0.400. The van der Waals surface area contributed by atoms with Crippen LogP contribution in [-0.4, -0.2) is 84.8 Å². The first kappa shape index (κ1) is 27.3. The standard InChI is InChI=1S/C25H26ClN5O7/c1-4-15-16(12-37-25(22(33)34,23(35)36)11-14-9-7-6-8-10-14)38-21(18(15)32)31-13-27-17-19(30(3)5-2)28-24(26)29-20(17)31/h1,6-10,13,15-16,18,21,32H,5,11-12H2,2-3H3,(H,33,34)(H,35,36)/t15-,16+,18+,21+/m0/s1. The normalized spacial score (nSPS) is 21.3. The summed E-state index contributed by atoms with van der Waals surface area (Å²) in [5.74, 6) is -1.38. The van der Waals surface area contributed by atoms with Crippen molar-refractivity contribution in [3.8, 4) is 12.3 Å². The fourth-order valence-electron chi connectivity index (χ4n) is 4.32. The molecule has 3 heterocycles. The van der Waals surface area contributed by atoms with Gasteiger partial charge in [-0.15, -0.1) is 6.42 Å². The highest BCUT2D eigenvalue weighted by molar-refractivity contribution is 6.28. The van der Waals surface area contributed by atoms with Gasteiger partial charge in [-0.3, -0.25) is 4.57 Å². The van der Waals surface area contributed by atoms with E-state index in [0.29, 0.717) is 23.4 Å². The van der Waals surface area contributed by atoms with Gasteiger partial charge in [-0.2, -0.15) is 9.97 Å². The molecule has 0 radical (unpaired) electrons. The van der Waals surface area contributed by atoms with Gasteiger partial charge in [0.2, 0.25) is 5.28 Å². The Morgan fingerprint density at radius 1 is 1.26 bits per heavy atom. The van der Waals surface area contributed by atoms with Gasteiger partial charge >= 0.3 is 11.9 Å². The number of fused-ring (bicyclic) bond motifs is 1. The van der Waals surface area contributed by atoms with E-state index in [0.717, 1.165) is 0 Å². The second-order valence-corrected chi connectivity index (χ2v) is 9.15. The molecule has 4 rings (SSSR count). The van der Waals surface area contributed by atoms with Crippen molar-refractivity contribution in [2.45, 2.75) is 37.4 Å². The minimum Gasteiger partial charge on any atom is -0.479 e. The second kappa shape index (κ2) is 10.9. The smallest absolute Gasteiger partial charge is 0.348 e. The molecule has 13 heteroatoms. The van der Waals surface area contributed by atoms with Gasteiger partial charge in [-0.25, -0.2) is 14.6 Å². The maximum Gasteiger partial charge on any atom is 0.348 e. The van der Waals surface area contributed by atoms with Crippen LogP contribution in [0.15, 0.2) is 36.7 Å². The number of carboxylic acids is 2. The number of aromatic nitrogens is 4. The van der Waals surface area contributed by atoms with Gasteiger partial charge in [0, 0.05) is 20.0 Å². The number of ether oxygens (including phenoxy) is 2. The molecule has 0 saturated carbocycles. The van der Waals surface area contributed by atoms with Gasteiger partial charge < -0.3 is 29.7 Å². The van der Waals surface area contributed by atoms with Crippen LogP contribution in [0.5, 0.6) is 0 Å². The summed E-state index contributed by atoms with van der Waals surface area (Å²) in [6, 6.07) is 8.24. The predicted molar refractivity (Wildman–Crippen MR) is 136 cm³/mol. The molecule has 0 spiro atoms. The van der Waals surface area contributed by atoms with Crippen LogP contribution in [0, 0.1) is 18.3 Å². The molecule has 12 nitrogen and oxygen atoms in total. The molecule has 1 saturated heterocycles. The van der Waals surface area contributed by atoms with Crippen LogP contribution in [0.3, 0.4) is 0 Å². The number of hydrogen-bond acceptors (Lipinski definition) is 9. The molecule has 1 aliphatic rings. The Labute approximate surface area is 222 Å². The van der Waals surface area contributed by atoms with Crippen molar-refractivity contribution >= 4 is 40.5 Å². The number of imidazole rings is 1. The third-order valence-corrected chi connectivity index (χ3v) is 6.70. The van der Waals surface area contributed by atoms with Gasteiger partial charge in [0.15, 0.2) is 23.2 Å². The topological polar surface area (TPSA) is 160 Å². The summed E-state index contributed by atoms with van der Waals surface area (Å²) in [5.41, 5.74) is -1.44. The summed E-state index contributed by atoms with van der Waals surface area (Å²) in [6.45, 7) is 2.03. The van der Waals surface area contributed by atoms with Crippen LogP contribution in [0.4, 0.5) is 5.82 Å². The van der Waals surface area contributed by atoms with E-state index in [2.05, 4.69) is 20.9 Å². The SMILES string of the molecule is C#C[C@@H]1[C@@H](O)[C@H](n2cnc3c(N(C)CC)nc(Cl)nc32)O[C@@H]1COC(Cc1ccccc1)(C(=O)O)C(=O)O. The van der Waals surface area contributed by atoms with Crippen LogP contribution in [0.1, 0.15) is 18.7 Å². The Morgan fingerprint density at radius 2 is 1.95 bits per heavy atom. The molecule has 38 heavy (non-hydrogen) atoms. The summed E-state index contributed by atoms with van der Waals surface area (Å²) in [6.07, 6.45) is 3.24. The van der Waals surface area contributed by atoms with Crippen molar-refractivity contribution in [1.29, 1.82) is 0 Å². The fourth-order valence-corrected chi connectivity index (χ4v) is 4.48. The number of hydrogen-bond donors (Lipinski definition) is 3. The zero-order valence-electron chi connectivity index (χ0n) is 20.6. The molecule has 4 atom stereocenters. The molecule has 3 aromatic rings. The highest BCUT2D eigenvalue weighted by atomic mass is 35.5. The molecule has 1 fully saturated rings. The highest BCUT2D eigenvalue weighted by Crippen LogP contribution is 2.37. The molecule has 0 unspecified atom stereocenters. The lowest BCUT2D eigenvalue weighted by Gasteiger charge is -2.27. The molecule has 2 aromatic heterocycles. The third-order valence-electron chi connectivity index (χ3n) is 6.53. The largest absolute Gasteiger partial charge is 0.479 e. The lowest BCUT2D eigenvalue weighted by molar-refractivity contribution is -0.188. The van der Waals surface area contributed by atoms with Crippen molar-refractivity contribution < 1.29 is 34.4 Å². The summed E-state index contributed by atoms with van der Waals surface area (Å²) < 4.78 is 13.0. The average molecular weight is 544 g/mol. The number of aliphatic hydroxyl groups excluding tert-OH is 1. The van der Waals surface area contributed by atoms with E-state index in [1.165, 1.54) is 10.9 Å². The first-order valence-electron chi connectivity index (χ1n) is 11.7. The number of nitrogens with zero attached hydrogens (tertiary/aromatic N) is 5. The van der Waals surface area contributed by atoms with Crippen molar-refractivity contribution in [2.75, 3.05) is 25.1 Å². The predicted octanol–water partition coefficient (Wildman–Crippen LogP) is 1.61. The lowest BCUT2D eigenvalue weighted by atomic mass is 9.93. The van der Waals surface area contributed by atoms with E-state index < -0.39 is 54.9 Å². The maximum absolute atomic E-state index is 12.1. The maximum atomic E-state index is 12.1. The van der Waals surface area contributed by atoms with Crippen LogP contribution in [0.2, 0.25) is 5.28 Å². The minimum atomic E-state index is -2.60. The monoisotopic (exact) mass is 543 g/mol. The van der Waals surface area contributed by atoms with Gasteiger partial charge in [0.1, 0.15) is 12.2 Å². The second-order valence-electron chi connectivity index (χ2n) is 8.81. The van der Waals surface area contributed by atoms with Crippen molar-refractivity contribution in [3.63, 3.8) is 0 Å². The number of carbonyl (C=O) groups is 2. The highest BCUT2D eigenvalue weighted by Gasteiger charge is 2.51. The Hall–Kier alpha value is -3.76. The molecule has 1 aliphatic heterocycles. The van der Waals surface area contributed by atoms with Gasteiger partial charge in [0.25, 0.3) is 5.60 Å². The van der Waals surface area contributed by atoms with Crippen LogP contribution >= 0.6 is 11.6 Å². The first-order valence-corrected chi connectivity index (χ1v) is 12.1. The molecule has 3 N–H and O–H groups in total. The zero-order chi connectivity index (χ0) is 27.6. The molecular formula is C25H26ClN5O7. The third kappa shape index (κ3) is 4.89. The zero-order valence-corrected chi connectivity index (χ0v) is 21.3. The van der Waals surface area contributed by atoms with E-state index >= 15 is 0 Å². The molecule has 200 valence electrons. The van der Waals surface area contributed by atoms with Crippen LogP contribution in [-0.2, 0) is 25.5 Å². The Kier molecular flexibility index (Phi) is 7.84. The van der Waals surface area contributed by atoms with E-state index in [9.17, 15) is 24.9 Å². The summed E-state index contributed by atoms with van der Waals surface area (Å²) in [7, 11) is 1.81. The molecular weight excluding hydrogens is 518 g/mol. The van der Waals surface area contributed by atoms with Crippen molar-refractivity contribution in [2.24, 2.45) is 5.92 Å². The van der Waals surface area contributed by atoms with Crippen molar-refractivity contribution in [1.82, 2.24) is 19.5 Å². The van der Waals surface area contributed by atoms with Crippen LogP contribution < -0.4 is 4.90 Å². The van der Waals surface area contributed by atoms with Crippen LogP contribution in [0.25, 0.3) is 11.2 Å². The molecule has 1 aromatic carbocycles. The minimum absolute atomic E-state index is 0.0379. The Bertz CT molecular complexity index is 1360. The van der Waals surface area contributed by atoms with E-state index in [1.807, 2.05) is 18.9 Å². The Balaban J connectivity index is 1.63. The Morgan fingerprint density at radius 3 is 2.55 bits per heavy atom. The number of aliphatic hydroxyl groups is 1. The number of terminal acetylenes is 1. The number of rotatable bonds is 10. The average Bonchev–Trinajstić information content (AvgIpc) is 3.45. The number of aliphatic carboxylic acids is 2. The first-order chi connectivity index (χ1) is 18.1. The summed E-state index contributed by atoms with van der Waals surface area (Å²) in [5, 5.41) is 30.7. The van der Waals surface area contributed by atoms with Crippen molar-refractivity contribution in [3.05, 3.63) is 47.5 Å². The molecule has 0 bridgehead atoms. The van der Waals surface area contributed by atoms with Gasteiger partial charge in [-0.05, 0) is 24.1 Å². The van der Waals surface area contributed by atoms with E-state index in [4.69, 9.17) is 27.5 Å². The van der Waals surface area contributed by atoms with Gasteiger partial charge in [-0.1, -0.05) is 36.3 Å². The quantitative estimate of drug-likeness (QED) is 0.193. The molecule has 0 aliphatic carbocycles. The number of halogens is 1.